The number of hydrogen-bond acceptors (Lipinski definition) is 6. The van der Waals surface area contributed by atoms with Crippen molar-refractivity contribution in [3.8, 4) is 6.07 Å². The largest absolute Gasteiger partial charge is 0.368 e. The Morgan fingerprint density at radius 3 is 2.42 bits per heavy atom. The van der Waals surface area contributed by atoms with Crippen LogP contribution in [0.2, 0.25) is 0 Å². The topological polar surface area (TPSA) is 86.3 Å². The van der Waals surface area contributed by atoms with Crippen LogP contribution in [0, 0.1) is 28.4 Å². The number of aromatic nitrogens is 1. The molecule has 0 atom stereocenters. The number of hydrogen-bond donors (Lipinski definition) is 0. The predicted octanol–water partition coefficient (Wildman–Crippen LogP) is 2.50. The fraction of sp³-hybridized carbons (Fsp3) is 0.294. The lowest BCUT2D eigenvalue weighted by Gasteiger charge is -2.37. The van der Waals surface area contributed by atoms with Crippen LogP contribution in [0.25, 0.3) is 0 Å². The summed E-state index contributed by atoms with van der Waals surface area (Å²) in [6.45, 7) is 5.28. The third-order valence-electron chi connectivity index (χ3n) is 4.22. The number of anilines is 2. The third-order valence-corrected chi connectivity index (χ3v) is 4.22. The minimum Gasteiger partial charge on any atom is -0.368 e. The smallest absolute Gasteiger partial charge is 0.305 e. The molecule has 0 unspecified atom stereocenters. The molecule has 1 aliphatic rings. The van der Waals surface area contributed by atoms with E-state index in [4.69, 9.17) is 5.26 Å². The summed E-state index contributed by atoms with van der Waals surface area (Å²) < 4.78 is 0. The molecule has 7 nitrogen and oxygen atoms in total. The lowest BCUT2D eigenvalue weighted by molar-refractivity contribution is -0.385. The number of para-hydroxylation sites is 1. The maximum atomic E-state index is 10.9. The highest BCUT2D eigenvalue weighted by molar-refractivity contribution is 5.56. The van der Waals surface area contributed by atoms with Gasteiger partial charge in [0.25, 0.3) is 0 Å². The van der Waals surface area contributed by atoms with Crippen molar-refractivity contribution in [3.05, 3.63) is 57.8 Å². The van der Waals surface area contributed by atoms with Crippen LogP contribution >= 0.6 is 0 Å². The SMILES string of the molecule is Cc1ccccc1N1CCN(c2ccc([N+](=O)[O-])c(C#N)n2)CC1. The zero-order valence-corrected chi connectivity index (χ0v) is 13.3. The van der Waals surface area contributed by atoms with Gasteiger partial charge in [-0.15, -0.1) is 0 Å². The Morgan fingerprint density at radius 2 is 1.79 bits per heavy atom. The average Bonchev–Trinajstić information content (AvgIpc) is 2.61. The van der Waals surface area contributed by atoms with Crippen LogP contribution in [0.5, 0.6) is 0 Å². The molecule has 1 fully saturated rings. The summed E-state index contributed by atoms with van der Waals surface area (Å²) in [5.41, 5.74) is 2.08. The monoisotopic (exact) mass is 323 g/mol. The molecule has 1 aliphatic heterocycles. The summed E-state index contributed by atoms with van der Waals surface area (Å²) in [5.74, 6) is 0.613. The van der Waals surface area contributed by atoms with Crippen molar-refractivity contribution in [2.45, 2.75) is 6.92 Å². The zero-order chi connectivity index (χ0) is 17.1. The van der Waals surface area contributed by atoms with Gasteiger partial charge in [0.2, 0.25) is 5.69 Å². The summed E-state index contributed by atoms with van der Waals surface area (Å²) >= 11 is 0. The van der Waals surface area contributed by atoms with Gasteiger partial charge < -0.3 is 9.80 Å². The van der Waals surface area contributed by atoms with E-state index in [0.717, 1.165) is 26.2 Å². The van der Waals surface area contributed by atoms with Gasteiger partial charge >= 0.3 is 5.69 Å². The number of nitrogens with zero attached hydrogens (tertiary/aromatic N) is 5. The number of benzene rings is 1. The van der Waals surface area contributed by atoms with Gasteiger partial charge in [0, 0.05) is 37.9 Å². The van der Waals surface area contributed by atoms with Crippen LogP contribution in [0.3, 0.4) is 0 Å². The van der Waals surface area contributed by atoms with Crippen LogP contribution in [0.1, 0.15) is 11.3 Å². The van der Waals surface area contributed by atoms with Crippen molar-refractivity contribution in [1.82, 2.24) is 4.98 Å². The number of piperazine rings is 1. The fourth-order valence-electron chi connectivity index (χ4n) is 2.94. The molecular weight excluding hydrogens is 306 g/mol. The Morgan fingerprint density at radius 1 is 1.12 bits per heavy atom. The number of aryl methyl sites for hydroxylation is 1. The van der Waals surface area contributed by atoms with Crippen LogP contribution in [-0.4, -0.2) is 36.1 Å². The highest BCUT2D eigenvalue weighted by Gasteiger charge is 2.22. The normalized spacial score (nSPS) is 14.3. The summed E-state index contributed by atoms with van der Waals surface area (Å²) in [5, 5.41) is 20.0. The fourth-order valence-corrected chi connectivity index (χ4v) is 2.94. The zero-order valence-electron chi connectivity index (χ0n) is 13.3. The van der Waals surface area contributed by atoms with E-state index in [1.165, 1.54) is 17.3 Å². The number of nitro groups is 1. The molecule has 0 spiro atoms. The molecule has 7 heteroatoms. The van der Waals surface area contributed by atoms with E-state index in [2.05, 4.69) is 33.8 Å². The number of pyridine rings is 1. The maximum Gasteiger partial charge on any atom is 0.305 e. The predicted molar refractivity (Wildman–Crippen MR) is 91.2 cm³/mol. The summed E-state index contributed by atoms with van der Waals surface area (Å²) in [4.78, 5) is 18.8. The van der Waals surface area contributed by atoms with E-state index in [-0.39, 0.29) is 11.4 Å². The average molecular weight is 323 g/mol. The van der Waals surface area contributed by atoms with Gasteiger partial charge in [0.1, 0.15) is 11.9 Å². The number of rotatable bonds is 3. The molecule has 0 bridgehead atoms. The first-order valence-corrected chi connectivity index (χ1v) is 7.71. The van der Waals surface area contributed by atoms with Crippen molar-refractivity contribution in [2.75, 3.05) is 36.0 Å². The summed E-state index contributed by atoms with van der Waals surface area (Å²) in [6, 6.07) is 13.0. The highest BCUT2D eigenvalue weighted by atomic mass is 16.6. The Kier molecular flexibility index (Phi) is 4.29. The van der Waals surface area contributed by atoms with E-state index >= 15 is 0 Å². The Balaban J connectivity index is 1.74. The van der Waals surface area contributed by atoms with E-state index < -0.39 is 4.92 Å². The van der Waals surface area contributed by atoms with E-state index in [0.29, 0.717) is 5.82 Å². The molecule has 0 amide bonds. The molecule has 2 heterocycles. The minimum absolute atomic E-state index is 0.140. The van der Waals surface area contributed by atoms with Crippen molar-refractivity contribution in [1.29, 1.82) is 5.26 Å². The van der Waals surface area contributed by atoms with Gasteiger partial charge in [0.05, 0.1) is 4.92 Å². The van der Waals surface area contributed by atoms with Crippen molar-refractivity contribution >= 4 is 17.2 Å². The molecule has 0 saturated carbocycles. The second-order valence-corrected chi connectivity index (χ2v) is 5.67. The van der Waals surface area contributed by atoms with E-state index in [9.17, 15) is 10.1 Å². The minimum atomic E-state index is -0.578. The molecule has 3 rings (SSSR count). The van der Waals surface area contributed by atoms with E-state index in [1.807, 2.05) is 18.2 Å². The molecule has 0 aliphatic carbocycles. The molecule has 1 aromatic heterocycles. The molecule has 24 heavy (non-hydrogen) atoms. The van der Waals surface area contributed by atoms with Crippen LogP contribution < -0.4 is 9.80 Å². The standard InChI is InChI=1S/C17H17N5O2/c1-13-4-2-3-5-15(13)20-8-10-21(11-9-20)17-7-6-16(22(23)24)14(12-18)19-17/h2-7H,8-11H2,1H3. The summed E-state index contributed by atoms with van der Waals surface area (Å²) in [6.07, 6.45) is 0. The van der Waals surface area contributed by atoms with Gasteiger partial charge in [-0.2, -0.15) is 5.26 Å². The summed E-state index contributed by atoms with van der Waals surface area (Å²) in [7, 11) is 0. The first-order chi connectivity index (χ1) is 11.6. The van der Waals surface area contributed by atoms with Crippen molar-refractivity contribution in [2.24, 2.45) is 0 Å². The van der Waals surface area contributed by atoms with Gasteiger partial charge in [-0.05, 0) is 24.6 Å². The van der Waals surface area contributed by atoms with Gasteiger partial charge in [0.15, 0.2) is 0 Å². The molecule has 122 valence electrons. The molecule has 2 aromatic rings. The van der Waals surface area contributed by atoms with Crippen molar-refractivity contribution < 1.29 is 4.92 Å². The van der Waals surface area contributed by atoms with Crippen LogP contribution in [-0.2, 0) is 0 Å². The first-order valence-electron chi connectivity index (χ1n) is 7.71. The number of nitriles is 1. The Hall–Kier alpha value is -3.14. The second kappa shape index (κ2) is 6.54. The van der Waals surface area contributed by atoms with Gasteiger partial charge in [-0.1, -0.05) is 18.2 Å². The third kappa shape index (κ3) is 2.99. The van der Waals surface area contributed by atoms with Gasteiger partial charge in [-0.25, -0.2) is 4.98 Å². The molecule has 0 N–H and O–H groups in total. The quantitative estimate of drug-likeness (QED) is 0.637. The molecule has 0 radical (unpaired) electrons. The molecular formula is C17H17N5O2. The van der Waals surface area contributed by atoms with Crippen molar-refractivity contribution in [3.63, 3.8) is 0 Å². The van der Waals surface area contributed by atoms with Crippen LogP contribution in [0.4, 0.5) is 17.2 Å². The lowest BCUT2D eigenvalue weighted by Crippen LogP contribution is -2.47. The van der Waals surface area contributed by atoms with Crippen LogP contribution in [0.15, 0.2) is 36.4 Å². The van der Waals surface area contributed by atoms with E-state index in [1.54, 1.807) is 6.07 Å². The molecule has 1 aromatic carbocycles. The Bertz CT molecular complexity index is 807. The highest BCUT2D eigenvalue weighted by Crippen LogP contribution is 2.24. The first kappa shape index (κ1) is 15.7. The molecule has 1 saturated heterocycles. The van der Waals surface area contributed by atoms with Gasteiger partial charge in [-0.3, -0.25) is 10.1 Å². The maximum absolute atomic E-state index is 10.9. The Labute approximate surface area is 139 Å². The second-order valence-electron chi connectivity index (χ2n) is 5.67. The lowest BCUT2D eigenvalue weighted by atomic mass is 10.1.